The molecule has 1 rings (SSSR count). The van der Waals surface area contributed by atoms with Crippen molar-refractivity contribution in [3.05, 3.63) is 29.8 Å². The lowest BCUT2D eigenvalue weighted by atomic mass is 9.99. The van der Waals surface area contributed by atoms with E-state index in [2.05, 4.69) is 0 Å². The second kappa shape index (κ2) is 5.09. The van der Waals surface area contributed by atoms with Crippen LogP contribution in [0.5, 0.6) is 5.75 Å². The zero-order chi connectivity index (χ0) is 13.1. The Hall–Kier alpha value is -1.69. The molecule has 0 saturated carbocycles. The zero-order valence-electron chi connectivity index (χ0n) is 9.37. The van der Waals surface area contributed by atoms with E-state index >= 15 is 0 Å². The molecule has 0 saturated heterocycles. The molecule has 1 atom stereocenters. The number of hydrogen-bond donors (Lipinski definition) is 2. The third kappa shape index (κ3) is 3.67. The molecule has 0 bridgehead atoms. The summed E-state index contributed by atoms with van der Waals surface area (Å²) in [5.41, 5.74) is 9.47. The molecule has 0 aliphatic carbocycles. The minimum atomic E-state index is -1.18. The van der Waals surface area contributed by atoms with Crippen LogP contribution in [0.4, 0.5) is 8.78 Å². The molecule has 94 valence electrons. The van der Waals surface area contributed by atoms with Crippen LogP contribution >= 0.6 is 0 Å². The van der Waals surface area contributed by atoms with Crippen LogP contribution in [0.2, 0.25) is 0 Å². The highest BCUT2D eigenvalue weighted by Gasteiger charge is 2.25. The lowest BCUT2D eigenvalue weighted by Crippen LogP contribution is -2.50. The van der Waals surface area contributed by atoms with Crippen LogP contribution in [-0.2, 0) is 4.79 Å². The average Bonchev–Trinajstić information content (AvgIpc) is 2.23. The highest BCUT2D eigenvalue weighted by Crippen LogP contribution is 2.16. The Morgan fingerprint density at radius 3 is 2.59 bits per heavy atom. The van der Waals surface area contributed by atoms with E-state index in [1.54, 1.807) is 0 Å². The van der Waals surface area contributed by atoms with Crippen molar-refractivity contribution in [2.24, 2.45) is 11.5 Å². The number of ether oxygens (including phenoxy) is 1. The number of nitrogens with two attached hydrogens (primary N) is 2. The summed E-state index contributed by atoms with van der Waals surface area (Å²) >= 11 is 0. The van der Waals surface area contributed by atoms with Gasteiger partial charge in [0.05, 0.1) is 12.1 Å². The summed E-state index contributed by atoms with van der Waals surface area (Å²) in [5.74, 6) is -2.42. The molecule has 0 aliphatic heterocycles. The smallest absolute Gasteiger partial charge is 0.237 e. The van der Waals surface area contributed by atoms with E-state index in [4.69, 9.17) is 16.2 Å². The van der Waals surface area contributed by atoms with Crippen molar-refractivity contribution >= 4 is 5.91 Å². The van der Waals surface area contributed by atoms with Gasteiger partial charge in [-0.3, -0.25) is 4.79 Å². The third-order valence-corrected chi connectivity index (χ3v) is 2.34. The molecular weight excluding hydrogens is 230 g/mol. The number of carbonyl (C=O) groups is 1. The van der Waals surface area contributed by atoms with Gasteiger partial charge in [-0.2, -0.15) is 0 Å². The lowest BCUT2D eigenvalue weighted by Gasteiger charge is -2.20. The molecule has 0 fully saturated rings. The van der Waals surface area contributed by atoms with Crippen molar-refractivity contribution in [2.45, 2.75) is 18.9 Å². The molecule has 0 aliphatic rings. The van der Waals surface area contributed by atoms with E-state index < -0.39 is 23.1 Å². The van der Waals surface area contributed by atoms with Gasteiger partial charge >= 0.3 is 0 Å². The normalized spacial score (nSPS) is 14.1. The Morgan fingerprint density at radius 2 is 2.06 bits per heavy atom. The van der Waals surface area contributed by atoms with E-state index in [1.165, 1.54) is 13.0 Å². The van der Waals surface area contributed by atoms with Crippen molar-refractivity contribution in [2.75, 3.05) is 6.61 Å². The van der Waals surface area contributed by atoms with Gasteiger partial charge in [-0.1, -0.05) is 0 Å². The maximum atomic E-state index is 12.8. The summed E-state index contributed by atoms with van der Waals surface area (Å²) in [6.07, 6.45) is 0.182. The van der Waals surface area contributed by atoms with E-state index in [0.717, 1.165) is 12.1 Å². The molecule has 1 amide bonds. The Kier molecular flexibility index (Phi) is 4.01. The number of halogens is 2. The molecule has 0 heterocycles. The van der Waals surface area contributed by atoms with Gasteiger partial charge in [0, 0.05) is 12.5 Å². The van der Waals surface area contributed by atoms with Gasteiger partial charge in [0.25, 0.3) is 0 Å². The SMILES string of the molecule is CC(N)(CCOc1ccc(F)c(F)c1)C(N)=O. The monoisotopic (exact) mass is 244 g/mol. The highest BCUT2D eigenvalue weighted by molar-refractivity contribution is 5.83. The highest BCUT2D eigenvalue weighted by atomic mass is 19.2. The van der Waals surface area contributed by atoms with Gasteiger partial charge in [-0.25, -0.2) is 8.78 Å². The summed E-state index contributed by atoms with van der Waals surface area (Å²) in [7, 11) is 0. The number of carbonyl (C=O) groups excluding carboxylic acids is 1. The molecule has 1 aromatic carbocycles. The molecule has 0 spiro atoms. The lowest BCUT2D eigenvalue weighted by molar-refractivity contribution is -0.123. The summed E-state index contributed by atoms with van der Waals surface area (Å²) in [6, 6.07) is 3.17. The average molecular weight is 244 g/mol. The van der Waals surface area contributed by atoms with Crippen LogP contribution in [0, 0.1) is 11.6 Å². The van der Waals surface area contributed by atoms with E-state index in [-0.39, 0.29) is 18.8 Å². The van der Waals surface area contributed by atoms with Crippen LogP contribution < -0.4 is 16.2 Å². The van der Waals surface area contributed by atoms with Crippen molar-refractivity contribution < 1.29 is 18.3 Å². The topological polar surface area (TPSA) is 78.3 Å². The van der Waals surface area contributed by atoms with Gasteiger partial charge in [0.1, 0.15) is 5.75 Å². The van der Waals surface area contributed by atoms with Gasteiger partial charge < -0.3 is 16.2 Å². The Bertz CT molecular complexity index is 422. The minimum absolute atomic E-state index is 0.0843. The predicted molar refractivity (Wildman–Crippen MR) is 58.3 cm³/mol. The van der Waals surface area contributed by atoms with E-state index in [9.17, 15) is 13.6 Å². The first-order chi connectivity index (χ1) is 7.83. The first kappa shape index (κ1) is 13.4. The quantitative estimate of drug-likeness (QED) is 0.809. The fraction of sp³-hybridized carbons (Fsp3) is 0.364. The fourth-order valence-corrected chi connectivity index (χ4v) is 1.07. The number of hydrogen-bond acceptors (Lipinski definition) is 3. The van der Waals surface area contributed by atoms with Gasteiger partial charge in [0.15, 0.2) is 11.6 Å². The van der Waals surface area contributed by atoms with E-state index in [0.29, 0.717) is 0 Å². The molecule has 0 aromatic heterocycles. The summed E-state index contributed by atoms with van der Waals surface area (Å²) in [6.45, 7) is 1.56. The van der Waals surface area contributed by atoms with Crippen LogP contribution in [-0.4, -0.2) is 18.1 Å². The van der Waals surface area contributed by atoms with Gasteiger partial charge in [-0.15, -0.1) is 0 Å². The standard InChI is InChI=1S/C11H14F2N2O2/c1-11(15,10(14)16)4-5-17-7-2-3-8(12)9(13)6-7/h2-3,6H,4-5,15H2,1H3,(H2,14,16). The van der Waals surface area contributed by atoms with Crippen LogP contribution in [0.3, 0.4) is 0 Å². The largest absolute Gasteiger partial charge is 0.493 e. The second-order valence-electron chi connectivity index (χ2n) is 3.96. The fourth-order valence-electron chi connectivity index (χ4n) is 1.07. The number of rotatable bonds is 5. The van der Waals surface area contributed by atoms with Crippen LogP contribution in [0.1, 0.15) is 13.3 Å². The van der Waals surface area contributed by atoms with Crippen molar-refractivity contribution in [1.29, 1.82) is 0 Å². The molecule has 17 heavy (non-hydrogen) atoms. The first-order valence-corrected chi connectivity index (χ1v) is 4.99. The maximum Gasteiger partial charge on any atom is 0.237 e. The summed E-state index contributed by atoms with van der Waals surface area (Å²) in [5, 5.41) is 0. The second-order valence-corrected chi connectivity index (χ2v) is 3.96. The van der Waals surface area contributed by atoms with Gasteiger partial charge in [-0.05, 0) is 19.1 Å². The Morgan fingerprint density at radius 1 is 1.41 bits per heavy atom. The van der Waals surface area contributed by atoms with Crippen molar-refractivity contribution in [3.63, 3.8) is 0 Å². The molecule has 1 unspecified atom stereocenters. The van der Waals surface area contributed by atoms with Crippen LogP contribution in [0.15, 0.2) is 18.2 Å². The maximum absolute atomic E-state index is 12.8. The van der Waals surface area contributed by atoms with Crippen molar-refractivity contribution in [3.8, 4) is 5.75 Å². The van der Waals surface area contributed by atoms with Gasteiger partial charge in [0.2, 0.25) is 5.91 Å². The summed E-state index contributed by atoms with van der Waals surface area (Å²) < 4.78 is 30.6. The minimum Gasteiger partial charge on any atom is -0.493 e. The molecule has 4 nitrogen and oxygen atoms in total. The number of primary amides is 1. The van der Waals surface area contributed by atoms with Crippen molar-refractivity contribution in [1.82, 2.24) is 0 Å². The predicted octanol–water partition coefficient (Wildman–Crippen LogP) is 0.936. The number of amides is 1. The number of benzene rings is 1. The summed E-state index contributed by atoms with van der Waals surface area (Å²) in [4.78, 5) is 10.9. The van der Waals surface area contributed by atoms with Crippen LogP contribution in [0.25, 0.3) is 0 Å². The van der Waals surface area contributed by atoms with E-state index in [1.807, 2.05) is 0 Å². The first-order valence-electron chi connectivity index (χ1n) is 4.99. The molecular formula is C11H14F2N2O2. The molecule has 0 radical (unpaired) electrons. The Labute approximate surface area is 97.5 Å². The Balaban J connectivity index is 2.51. The molecule has 6 heteroatoms. The third-order valence-electron chi connectivity index (χ3n) is 2.34. The zero-order valence-corrected chi connectivity index (χ0v) is 9.37. The molecule has 1 aromatic rings. The molecule has 4 N–H and O–H groups in total.